The maximum absolute atomic E-state index is 12.7. The number of esters is 3. The topological polar surface area (TPSA) is 78.9 Å². The summed E-state index contributed by atoms with van der Waals surface area (Å²) in [6.45, 7) is 13.7. The highest BCUT2D eigenvalue weighted by atomic mass is 16.6. The van der Waals surface area contributed by atoms with Crippen molar-refractivity contribution in [3.8, 4) is 0 Å². The number of carbonyl (C=O) groups is 3. The zero-order chi connectivity index (χ0) is 42.0. The lowest BCUT2D eigenvalue weighted by atomic mass is 9.99. The van der Waals surface area contributed by atoms with Gasteiger partial charge in [-0.3, -0.25) is 14.4 Å². The van der Waals surface area contributed by atoms with Gasteiger partial charge in [0, 0.05) is 19.3 Å². The molecule has 2 atom stereocenters. The predicted octanol–water partition coefficient (Wildman–Crippen LogP) is 16.0. The van der Waals surface area contributed by atoms with Crippen LogP contribution in [0.5, 0.6) is 0 Å². The highest BCUT2D eigenvalue weighted by molar-refractivity contribution is 5.71. The van der Waals surface area contributed by atoms with Crippen molar-refractivity contribution in [2.45, 2.75) is 279 Å². The van der Waals surface area contributed by atoms with Crippen LogP contribution in [-0.2, 0) is 28.6 Å². The second kappa shape index (κ2) is 42.5. The third kappa shape index (κ3) is 43.8. The van der Waals surface area contributed by atoms with Crippen molar-refractivity contribution in [1.82, 2.24) is 0 Å². The first kappa shape index (κ1) is 55.4. The van der Waals surface area contributed by atoms with E-state index in [2.05, 4.69) is 41.5 Å². The van der Waals surface area contributed by atoms with E-state index in [0.717, 1.165) is 75.5 Å². The summed E-state index contributed by atoms with van der Waals surface area (Å²) in [5.41, 5.74) is 0. The summed E-state index contributed by atoms with van der Waals surface area (Å²) >= 11 is 0. The van der Waals surface area contributed by atoms with E-state index >= 15 is 0 Å². The number of rotatable bonds is 44. The monoisotopic (exact) mass is 807 g/mol. The van der Waals surface area contributed by atoms with Gasteiger partial charge in [-0.25, -0.2) is 0 Å². The Labute approximate surface area is 355 Å². The summed E-state index contributed by atoms with van der Waals surface area (Å²) in [7, 11) is 0. The standard InChI is InChI=1S/C51H98O6/c1-7-47(6)39-33-27-20-17-18-22-30-36-42-51(54)57-48(44-56-50(53)41-35-29-24-23-26-32-38-46(4)5)43-55-49(52)40-34-28-21-16-14-12-10-8-9-11-13-15-19-25-31-37-45(2)3/h45-48H,7-44H2,1-6H3/t47?,48-/m1/s1. The van der Waals surface area contributed by atoms with Crippen molar-refractivity contribution in [3.05, 3.63) is 0 Å². The first-order valence-electron chi connectivity index (χ1n) is 25.1. The van der Waals surface area contributed by atoms with Crippen LogP contribution in [0.4, 0.5) is 0 Å². The minimum Gasteiger partial charge on any atom is -0.462 e. The average Bonchev–Trinajstić information content (AvgIpc) is 3.18. The van der Waals surface area contributed by atoms with Gasteiger partial charge in [0.25, 0.3) is 0 Å². The molecule has 0 aliphatic heterocycles. The first-order chi connectivity index (χ1) is 27.6. The molecule has 0 saturated heterocycles. The van der Waals surface area contributed by atoms with Crippen LogP contribution in [0.2, 0.25) is 0 Å². The van der Waals surface area contributed by atoms with Crippen molar-refractivity contribution < 1.29 is 28.6 Å². The molecule has 57 heavy (non-hydrogen) atoms. The third-order valence-corrected chi connectivity index (χ3v) is 11.8. The fraction of sp³-hybridized carbons (Fsp3) is 0.941. The zero-order valence-corrected chi connectivity index (χ0v) is 39.1. The number of unbranched alkanes of at least 4 members (excludes halogenated alkanes) is 26. The second-order valence-electron chi connectivity index (χ2n) is 18.6. The van der Waals surface area contributed by atoms with E-state index in [0.29, 0.717) is 19.3 Å². The van der Waals surface area contributed by atoms with Gasteiger partial charge >= 0.3 is 17.9 Å². The fourth-order valence-electron chi connectivity index (χ4n) is 7.55. The molecule has 1 unspecified atom stereocenters. The molecule has 0 aliphatic rings. The smallest absolute Gasteiger partial charge is 0.306 e. The zero-order valence-electron chi connectivity index (χ0n) is 39.1. The summed E-state index contributed by atoms with van der Waals surface area (Å²) in [5, 5.41) is 0. The molecule has 0 amide bonds. The number of hydrogen-bond donors (Lipinski definition) is 0. The Morgan fingerprint density at radius 1 is 0.351 bits per heavy atom. The van der Waals surface area contributed by atoms with Crippen LogP contribution in [0, 0.1) is 17.8 Å². The Hall–Kier alpha value is -1.59. The van der Waals surface area contributed by atoms with E-state index < -0.39 is 6.10 Å². The molecule has 0 aliphatic carbocycles. The molecule has 0 bridgehead atoms. The molecule has 0 aromatic rings. The Balaban J connectivity index is 4.25. The van der Waals surface area contributed by atoms with Gasteiger partial charge in [-0.15, -0.1) is 0 Å². The minimum absolute atomic E-state index is 0.0659. The SMILES string of the molecule is CCC(C)CCCCCCCCCCC(=O)O[C@H](COC(=O)CCCCCCCCCCCCCCCCCC(C)C)COC(=O)CCCCCCCCC(C)C. The molecule has 0 spiro atoms. The quantitative estimate of drug-likeness (QED) is 0.0347. The van der Waals surface area contributed by atoms with Gasteiger partial charge in [0.15, 0.2) is 6.10 Å². The molecular weight excluding hydrogens is 709 g/mol. The maximum atomic E-state index is 12.7. The number of ether oxygens (including phenoxy) is 3. The van der Waals surface area contributed by atoms with Crippen LogP contribution in [0.25, 0.3) is 0 Å². The molecular formula is C51H98O6. The fourth-order valence-corrected chi connectivity index (χ4v) is 7.55. The molecule has 6 heteroatoms. The van der Waals surface area contributed by atoms with Crippen molar-refractivity contribution in [1.29, 1.82) is 0 Å². The number of hydrogen-bond acceptors (Lipinski definition) is 6. The highest BCUT2D eigenvalue weighted by Crippen LogP contribution is 2.18. The average molecular weight is 807 g/mol. The highest BCUT2D eigenvalue weighted by Gasteiger charge is 2.19. The molecule has 338 valence electrons. The molecule has 6 nitrogen and oxygen atoms in total. The Morgan fingerprint density at radius 3 is 0.912 bits per heavy atom. The lowest BCUT2D eigenvalue weighted by Crippen LogP contribution is -2.30. The Morgan fingerprint density at radius 2 is 0.614 bits per heavy atom. The Bertz CT molecular complexity index is 885. The van der Waals surface area contributed by atoms with Gasteiger partial charge in [-0.2, -0.15) is 0 Å². The molecule has 0 rings (SSSR count). The normalized spacial score (nSPS) is 12.6. The van der Waals surface area contributed by atoms with Crippen molar-refractivity contribution in [2.75, 3.05) is 13.2 Å². The van der Waals surface area contributed by atoms with E-state index in [9.17, 15) is 14.4 Å². The van der Waals surface area contributed by atoms with Crippen LogP contribution >= 0.6 is 0 Å². The summed E-state index contributed by atoms with van der Waals surface area (Å²) in [5.74, 6) is 1.60. The molecule has 0 aromatic carbocycles. The van der Waals surface area contributed by atoms with Gasteiger partial charge in [-0.05, 0) is 37.0 Å². The largest absolute Gasteiger partial charge is 0.462 e. The van der Waals surface area contributed by atoms with Crippen LogP contribution in [0.3, 0.4) is 0 Å². The van der Waals surface area contributed by atoms with E-state index in [1.165, 1.54) is 154 Å². The summed E-state index contributed by atoms with van der Waals surface area (Å²) < 4.78 is 16.8. The summed E-state index contributed by atoms with van der Waals surface area (Å²) in [6.07, 6.45) is 41.0. The molecule has 0 heterocycles. The van der Waals surface area contributed by atoms with Gasteiger partial charge in [0.2, 0.25) is 0 Å². The lowest BCUT2D eigenvalue weighted by Gasteiger charge is -2.18. The lowest BCUT2D eigenvalue weighted by molar-refractivity contribution is -0.167. The predicted molar refractivity (Wildman–Crippen MR) is 243 cm³/mol. The Kier molecular flexibility index (Phi) is 41.3. The van der Waals surface area contributed by atoms with Crippen LogP contribution in [0.1, 0.15) is 273 Å². The molecule has 0 N–H and O–H groups in total. The van der Waals surface area contributed by atoms with Gasteiger partial charge in [-0.1, -0.05) is 234 Å². The van der Waals surface area contributed by atoms with Crippen LogP contribution in [0.15, 0.2) is 0 Å². The first-order valence-corrected chi connectivity index (χ1v) is 25.1. The number of carbonyl (C=O) groups excluding carboxylic acids is 3. The molecule has 0 fully saturated rings. The van der Waals surface area contributed by atoms with Crippen molar-refractivity contribution in [2.24, 2.45) is 17.8 Å². The van der Waals surface area contributed by atoms with E-state index in [4.69, 9.17) is 14.2 Å². The minimum atomic E-state index is -0.763. The van der Waals surface area contributed by atoms with E-state index in [1.807, 2.05) is 0 Å². The molecule has 0 aromatic heterocycles. The maximum Gasteiger partial charge on any atom is 0.306 e. The summed E-state index contributed by atoms with van der Waals surface area (Å²) in [4.78, 5) is 37.8. The van der Waals surface area contributed by atoms with Gasteiger partial charge < -0.3 is 14.2 Å². The van der Waals surface area contributed by atoms with E-state index in [-0.39, 0.29) is 31.1 Å². The van der Waals surface area contributed by atoms with E-state index in [1.54, 1.807) is 0 Å². The van der Waals surface area contributed by atoms with Crippen LogP contribution < -0.4 is 0 Å². The van der Waals surface area contributed by atoms with Gasteiger partial charge in [0.1, 0.15) is 13.2 Å². The molecule has 0 saturated carbocycles. The van der Waals surface area contributed by atoms with Crippen molar-refractivity contribution >= 4 is 17.9 Å². The van der Waals surface area contributed by atoms with Gasteiger partial charge in [0.05, 0.1) is 0 Å². The second-order valence-corrected chi connectivity index (χ2v) is 18.6. The summed E-state index contributed by atoms with van der Waals surface area (Å²) in [6, 6.07) is 0. The third-order valence-electron chi connectivity index (χ3n) is 11.8. The van der Waals surface area contributed by atoms with Crippen molar-refractivity contribution in [3.63, 3.8) is 0 Å². The molecule has 0 radical (unpaired) electrons. The van der Waals surface area contributed by atoms with Crippen LogP contribution in [-0.4, -0.2) is 37.2 Å².